The summed E-state index contributed by atoms with van der Waals surface area (Å²) in [5.74, 6) is 1.49. The lowest BCUT2D eigenvalue weighted by atomic mass is 9.94. The van der Waals surface area contributed by atoms with E-state index in [-0.39, 0.29) is 11.8 Å². The molecule has 1 aliphatic heterocycles. The van der Waals surface area contributed by atoms with Crippen LogP contribution in [0.25, 0.3) is 17.0 Å². The van der Waals surface area contributed by atoms with Crippen molar-refractivity contribution in [1.29, 1.82) is 0 Å². The maximum Gasteiger partial charge on any atom is 0.322 e. The molecule has 0 bridgehead atoms. The van der Waals surface area contributed by atoms with E-state index in [0.29, 0.717) is 29.7 Å². The van der Waals surface area contributed by atoms with Crippen LogP contribution in [-0.2, 0) is 0 Å². The number of carbonyl (C=O) groups is 1. The van der Waals surface area contributed by atoms with Gasteiger partial charge in [0.1, 0.15) is 11.6 Å². The predicted molar refractivity (Wildman–Crippen MR) is 123 cm³/mol. The van der Waals surface area contributed by atoms with E-state index in [2.05, 4.69) is 29.3 Å². The fraction of sp³-hybridized carbons (Fsp3) is 0.320. The van der Waals surface area contributed by atoms with Gasteiger partial charge in [0.05, 0.1) is 18.7 Å². The molecular weight excluding hydrogens is 423 g/mol. The van der Waals surface area contributed by atoms with Crippen LogP contribution in [0.2, 0.25) is 0 Å². The monoisotopic (exact) mass is 450 g/mol. The van der Waals surface area contributed by atoms with E-state index in [1.807, 2.05) is 31.2 Å². The van der Waals surface area contributed by atoms with Crippen molar-refractivity contribution in [3.8, 4) is 17.1 Å². The Morgan fingerprint density at radius 1 is 1.15 bits per heavy atom. The van der Waals surface area contributed by atoms with E-state index in [1.165, 1.54) is 12.1 Å². The van der Waals surface area contributed by atoms with Crippen molar-refractivity contribution in [2.75, 3.05) is 13.7 Å². The minimum Gasteiger partial charge on any atom is -0.497 e. The van der Waals surface area contributed by atoms with E-state index in [0.717, 1.165) is 29.0 Å². The van der Waals surface area contributed by atoms with E-state index in [1.54, 1.807) is 24.1 Å². The van der Waals surface area contributed by atoms with Gasteiger partial charge in [-0.2, -0.15) is 4.98 Å². The highest BCUT2D eigenvalue weighted by Crippen LogP contribution is 2.38. The lowest BCUT2D eigenvalue weighted by Crippen LogP contribution is -2.46. The zero-order valence-corrected chi connectivity index (χ0v) is 19.1. The van der Waals surface area contributed by atoms with Gasteiger partial charge in [0.15, 0.2) is 0 Å². The summed E-state index contributed by atoms with van der Waals surface area (Å²) in [6, 6.07) is 12.8. The number of hydrogen-bond acceptors (Lipinski definition) is 5. The molecule has 0 aliphatic carbocycles. The molecule has 0 radical (unpaired) electrons. The second-order valence-electron chi connectivity index (χ2n) is 8.42. The molecular formula is C25H27FN4O3. The second-order valence-corrected chi connectivity index (χ2v) is 8.42. The first-order valence-corrected chi connectivity index (χ1v) is 10.9. The first-order valence-electron chi connectivity index (χ1n) is 10.9. The molecule has 0 spiro atoms. The van der Waals surface area contributed by atoms with Gasteiger partial charge >= 0.3 is 6.03 Å². The number of halogens is 1. The molecule has 2 aromatic carbocycles. The van der Waals surface area contributed by atoms with Gasteiger partial charge in [0.25, 0.3) is 5.89 Å². The summed E-state index contributed by atoms with van der Waals surface area (Å²) in [6.07, 6.45) is 0.857. The van der Waals surface area contributed by atoms with Crippen molar-refractivity contribution in [2.45, 2.75) is 33.2 Å². The number of ether oxygens (including phenoxy) is 1. The van der Waals surface area contributed by atoms with Crippen molar-refractivity contribution in [3.05, 3.63) is 71.5 Å². The number of amides is 2. The molecule has 0 saturated heterocycles. The number of carbonyl (C=O) groups excluding carboxylic acids is 1. The molecule has 33 heavy (non-hydrogen) atoms. The van der Waals surface area contributed by atoms with Crippen molar-refractivity contribution in [1.82, 2.24) is 20.4 Å². The van der Waals surface area contributed by atoms with Crippen molar-refractivity contribution < 1.29 is 18.4 Å². The Morgan fingerprint density at radius 2 is 1.85 bits per heavy atom. The Hall–Kier alpha value is -3.68. The fourth-order valence-electron chi connectivity index (χ4n) is 3.81. The highest BCUT2D eigenvalue weighted by Gasteiger charge is 2.35. The topological polar surface area (TPSA) is 80.5 Å². The lowest BCUT2D eigenvalue weighted by Gasteiger charge is -2.35. The third-order valence-electron chi connectivity index (χ3n) is 5.73. The maximum atomic E-state index is 13.3. The summed E-state index contributed by atoms with van der Waals surface area (Å²) in [5.41, 5.74) is 2.99. The summed E-state index contributed by atoms with van der Waals surface area (Å²) in [6.45, 7) is 6.71. The fourth-order valence-corrected chi connectivity index (χ4v) is 3.81. The van der Waals surface area contributed by atoms with Gasteiger partial charge in [-0.05, 0) is 61.2 Å². The van der Waals surface area contributed by atoms with E-state index in [9.17, 15) is 9.18 Å². The van der Waals surface area contributed by atoms with Crippen LogP contribution in [0.1, 0.15) is 44.7 Å². The number of nitrogens with one attached hydrogen (secondary N) is 1. The molecule has 0 saturated carbocycles. The Bertz CT molecular complexity index is 1150. The third-order valence-corrected chi connectivity index (χ3v) is 5.73. The Morgan fingerprint density at radius 3 is 2.48 bits per heavy atom. The van der Waals surface area contributed by atoms with Crippen molar-refractivity contribution in [2.24, 2.45) is 5.92 Å². The molecule has 4 rings (SSSR count). The summed E-state index contributed by atoms with van der Waals surface area (Å²) in [7, 11) is 1.61. The Balaban J connectivity index is 1.77. The van der Waals surface area contributed by atoms with Crippen LogP contribution in [0.15, 0.2) is 58.8 Å². The zero-order chi connectivity index (χ0) is 23.5. The van der Waals surface area contributed by atoms with Gasteiger partial charge in [-0.15, -0.1) is 0 Å². The highest BCUT2D eigenvalue weighted by molar-refractivity contribution is 5.86. The summed E-state index contributed by atoms with van der Waals surface area (Å²) < 4.78 is 24.2. The summed E-state index contributed by atoms with van der Waals surface area (Å²) in [5, 5.41) is 7.20. The normalized spacial score (nSPS) is 16.4. The molecule has 2 heterocycles. The number of nitrogens with zero attached hydrogens (tertiary/aromatic N) is 3. The Labute approximate surface area is 192 Å². The molecule has 3 aromatic rings. The number of allylic oxidation sites excluding steroid dienone is 1. The standard InChI is InChI=1S/C25H27FN4O3/c1-15(2)13-14-30-16(3)21(22(27-25(30)31)17-7-11-20(32-4)12-8-17)24-28-23(29-33-24)18-5-9-19(26)10-6-18/h5-12,15,22H,13-14H2,1-4H3,(H,27,31). The smallest absolute Gasteiger partial charge is 0.322 e. The van der Waals surface area contributed by atoms with Crippen molar-refractivity contribution >= 4 is 11.6 Å². The molecule has 1 aromatic heterocycles. The SMILES string of the molecule is COc1ccc(C2NC(=O)N(CCC(C)C)C(C)=C2c2nc(-c3ccc(F)cc3)no2)cc1. The van der Waals surface area contributed by atoms with E-state index in [4.69, 9.17) is 9.26 Å². The number of benzene rings is 2. The highest BCUT2D eigenvalue weighted by atomic mass is 19.1. The van der Waals surface area contributed by atoms with Gasteiger partial charge < -0.3 is 14.6 Å². The summed E-state index contributed by atoms with van der Waals surface area (Å²) >= 11 is 0. The first-order chi connectivity index (χ1) is 15.9. The molecule has 2 amide bonds. The molecule has 1 unspecified atom stereocenters. The van der Waals surface area contributed by atoms with Crippen LogP contribution in [0, 0.1) is 11.7 Å². The zero-order valence-electron chi connectivity index (χ0n) is 19.1. The molecule has 1 N–H and O–H groups in total. The summed E-state index contributed by atoms with van der Waals surface area (Å²) in [4.78, 5) is 19.3. The third kappa shape index (κ3) is 4.74. The number of urea groups is 1. The van der Waals surface area contributed by atoms with Crippen LogP contribution in [0.4, 0.5) is 9.18 Å². The molecule has 1 atom stereocenters. The molecule has 7 nitrogen and oxygen atoms in total. The average molecular weight is 451 g/mol. The maximum absolute atomic E-state index is 13.3. The quantitative estimate of drug-likeness (QED) is 0.519. The second kappa shape index (κ2) is 9.44. The van der Waals surface area contributed by atoms with E-state index >= 15 is 0 Å². The van der Waals surface area contributed by atoms with Crippen LogP contribution in [-0.4, -0.2) is 34.7 Å². The van der Waals surface area contributed by atoms with Gasteiger partial charge in [0.2, 0.25) is 5.82 Å². The number of rotatable bonds is 7. The number of aromatic nitrogens is 2. The van der Waals surface area contributed by atoms with Gasteiger partial charge in [-0.25, -0.2) is 9.18 Å². The number of methoxy groups -OCH3 is 1. The molecule has 172 valence electrons. The average Bonchev–Trinajstić information content (AvgIpc) is 3.28. The van der Waals surface area contributed by atoms with Gasteiger partial charge in [0, 0.05) is 17.8 Å². The largest absolute Gasteiger partial charge is 0.497 e. The van der Waals surface area contributed by atoms with Gasteiger partial charge in [-0.3, -0.25) is 4.90 Å². The van der Waals surface area contributed by atoms with E-state index < -0.39 is 6.04 Å². The lowest BCUT2D eigenvalue weighted by molar-refractivity contribution is 0.202. The van der Waals surface area contributed by atoms with Crippen LogP contribution in [0.3, 0.4) is 0 Å². The predicted octanol–water partition coefficient (Wildman–Crippen LogP) is 5.43. The molecule has 1 aliphatic rings. The molecule has 8 heteroatoms. The van der Waals surface area contributed by atoms with Crippen molar-refractivity contribution in [3.63, 3.8) is 0 Å². The van der Waals surface area contributed by atoms with Crippen LogP contribution < -0.4 is 10.1 Å². The minimum atomic E-state index is -0.472. The Kier molecular flexibility index (Phi) is 6.44. The van der Waals surface area contributed by atoms with Gasteiger partial charge in [-0.1, -0.05) is 31.1 Å². The van der Waals surface area contributed by atoms with Crippen LogP contribution >= 0.6 is 0 Å². The first kappa shape index (κ1) is 22.5. The number of hydrogen-bond donors (Lipinski definition) is 1. The molecule has 0 fully saturated rings. The van der Waals surface area contributed by atoms with Crippen LogP contribution in [0.5, 0.6) is 5.75 Å². The minimum absolute atomic E-state index is 0.170.